The molecule has 1 amide bonds. The van der Waals surface area contributed by atoms with Gasteiger partial charge in [-0.2, -0.15) is 4.98 Å². The summed E-state index contributed by atoms with van der Waals surface area (Å²) in [5.41, 5.74) is 3.13. The van der Waals surface area contributed by atoms with Gasteiger partial charge in [-0.15, -0.1) is 0 Å². The maximum atomic E-state index is 12.5. The lowest BCUT2D eigenvalue weighted by atomic mass is 10.1. The van der Waals surface area contributed by atoms with Crippen molar-refractivity contribution in [3.63, 3.8) is 0 Å². The van der Waals surface area contributed by atoms with E-state index in [1.165, 1.54) is 6.21 Å². The van der Waals surface area contributed by atoms with E-state index < -0.39 is 0 Å². The average Bonchev–Trinajstić information content (AvgIpc) is 2.84. The van der Waals surface area contributed by atoms with Crippen molar-refractivity contribution in [2.75, 3.05) is 41.7 Å². The van der Waals surface area contributed by atoms with Gasteiger partial charge in [-0.05, 0) is 45.4 Å². The van der Waals surface area contributed by atoms with Crippen LogP contribution in [0.25, 0.3) is 10.9 Å². The first kappa shape index (κ1) is 23.4. The molecule has 3 N–H and O–H groups in total. The highest BCUT2D eigenvalue weighted by molar-refractivity contribution is 5.89. The first-order valence-corrected chi connectivity index (χ1v) is 11.7. The number of rotatable bonds is 8. The van der Waals surface area contributed by atoms with Gasteiger partial charge in [0.1, 0.15) is 11.4 Å². The van der Waals surface area contributed by atoms with Crippen LogP contribution in [0, 0.1) is 5.41 Å². The number of hydrogen-bond donors (Lipinski definition) is 3. The zero-order valence-corrected chi connectivity index (χ0v) is 20.2. The average molecular weight is 461 g/mol. The van der Waals surface area contributed by atoms with Crippen molar-refractivity contribution in [2.24, 2.45) is 0 Å². The number of pyridine rings is 1. The molecule has 0 bridgehead atoms. The molecule has 178 valence electrons. The molecule has 9 heteroatoms. The Morgan fingerprint density at radius 1 is 1.15 bits per heavy atom. The van der Waals surface area contributed by atoms with Crippen molar-refractivity contribution in [2.45, 2.75) is 39.8 Å². The molecule has 3 heterocycles. The van der Waals surface area contributed by atoms with Gasteiger partial charge in [-0.1, -0.05) is 18.2 Å². The summed E-state index contributed by atoms with van der Waals surface area (Å²) < 4.78 is 0. The van der Waals surface area contributed by atoms with E-state index in [0.717, 1.165) is 16.5 Å². The molecular weight excluding hydrogens is 428 g/mol. The fourth-order valence-corrected chi connectivity index (χ4v) is 4.07. The van der Waals surface area contributed by atoms with Crippen molar-refractivity contribution in [1.29, 1.82) is 5.41 Å². The second-order valence-electron chi connectivity index (χ2n) is 8.80. The second-order valence-corrected chi connectivity index (χ2v) is 8.80. The number of nitrogens with zero attached hydrogens (tertiary/aromatic N) is 5. The number of anilines is 3. The summed E-state index contributed by atoms with van der Waals surface area (Å²) in [6.07, 6.45) is 3.10. The third-order valence-corrected chi connectivity index (χ3v) is 5.94. The molecular formula is C25H32N8O. The molecule has 1 saturated heterocycles. The summed E-state index contributed by atoms with van der Waals surface area (Å²) in [6.45, 7) is 10.3. The fraction of sp³-hybridized carbons (Fsp3) is 0.400. The van der Waals surface area contributed by atoms with E-state index in [2.05, 4.69) is 33.6 Å². The Morgan fingerprint density at radius 3 is 2.65 bits per heavy atom. The minimum Gasteiger partial charge on any atom is -0.378 e. The first-order valence-electron chi connectivity index (χ1n) is 11.7. The Bertz CT molecular complexity index is 1190. The molecule has 9 nitrogen and oxygen atoms in total. The van der Waals surface area contributed by atoms with Crippen LogP contribution in [0.4, 0.5) is 17.5 Å². The minimum atomic E-state index is -0.0928. The summed E-state index contributed by atoms with van der Waals surface area (Å²) in [7, 11) is 0. The number of amides is 1. The van der Waals surface area contributed by atoms with E-state index in [-0.39, 0.29) is 24.5 Å². The summed E-state index contributed by atoms with van der Waals surface area (Å²) in [4.78, 5) is 30.2. The molecule has 2 aromatic heterocycles. The molecule has 0 spiro atoms. The van der Waals surface area contributed by atoms with Crippen LogP contribution in [0.5, 0.6) is 0 Å². The van der Waals surface area contributed by atoms with E-state index >= 15 is 0 Å². The Morgan fingerprint density at radius 2 is 1.94 bits per heavy atom. The number of para-hydroxylation sites is 1. The van der Waals surface area contributed by atoms with Gasteiger partial charge in [0.05, 0.1) is 18.1 Å². The van der Waals surface area contributed by atoms with Gasteiger partial charge in [0.25, 0.3) is 0 Å². The molecule has 34 heavy (non-hydrogen) atoms. The lowest BCUT2D eigenvalue weighted by molar-refractivity contribution is -0.130. The number of nitrogens with one attached hydrogen (secondary N) is 3. The quantitative estimate of drug-likeness (QED) is 0.440. The van der Waals surface area contributed by atoms with Gasteiger partial charge in [-0.25, -0.2) is 4.98 Å². The molecule has 1 atom stereocenters. The zero-order valence-electron chi connectivity index (χ0n) is 20.2. The molecule has 4 rings (SSSR count). The SMILES string of the molecule is CCN1CCN(c2nc(C=N)c(NC(C)C)c(N[C@H](C)c3cnc4ccccc4c3)n2)CC1=O. The van der Waals surface area contributed by atoms with Crippen LogP contribution in [-0.4, -0.2) is 64.2 Å². The monoisotopic (exact) mass is 460 g/mol. The lowest BCUT2D eigenvalue weighted by Gasteiger charge is -2.34. The highest BCUT2D eigenvalue weighted by atomic mass is 16.2. The largest absolute Gasteiger partial charge is 0.378 e. The molecule has 0 radical (unpaired) electrons. The molecule has 0 saturated carbocycles. The number of fused-ring (bicyclic) bond motifs is 1. The summed E-state index contributed by atoms with van der Waals surface area (Å²) in [5.74, 6) is 1.11. The Kier molecular flexibility index (Phi) is 6.90. The number of piperazine rings is 1. The van der Waals surface area contributed by atoms with E-state index in [1.54, 1.807) is 0 Å². The van der Waals surface area contributed by atoms with Crippen LogP contribution in [0.2, 0.25) is 0 Å². The molecule has 1 aliphatic heterocycles. The van der Waals surface area contributed by atoms with E-state index in [9.17, 15) is 4.79 Å². The highest BCUT2D eigenvalue weighted by Gasteiger charge is 2.26. The standard InChI is InChI=1S/C25H32N8O/c1-5-32-10-11-33(15-22(32)34)25-30-21(13-26)23(28-16(2)3)24(31-25)29-17(4)19-12-18-8-6-7-9-20(18)27-14-19/h6-9,12-14,16-17,26,28H,5,10-11,15H2,1-4H3,(H,29,30,31)/t17-/m1/s1. The summed E-state index contributed by atoms with van der Waals surface area (Å²) in [6, 6.07) is 10.2. The lowest BCUT2D eigenvalue weighted by Crippen LogP contribution is -2.50. The van der Waals surface area contributed by atoms with Crippen molar-refractivity contribution < 1.29 is 4.79 Å². The molecule has 0 aliphatic carbocycles. The zero-order chi connectivity index (χ0) is 24.2. The predicted octanol–water partition coefficient (Wildman–Crippen LogP) is 3.68. The van der Waals surface area contributed by atoms with Gasteiger partial charge in [0.15, 0.2) is 5.82 Å². The molecule has 1 aliphatic rings. The molecule has 1 fully saturated rings. The first-order chi connectivity index (χ1) is 16.4. The number of carbonyl (C=O) groups is 1. The van der Waals surface area contributed by atoms with Crippen LogP contribution in [-0.2, 0) is 4.79 Å². The predicted molar refractivity (Wildman–Crippen MR) is 137 cm³/mol. The third kappa shape index (κ3) is 4.93. The van der Waals surface area contributed by atoms with Gasteiger partial charge in [-0.3, -0.25) is 9.78 Å². The van der Waals surface area contributed by atoms with Crippen molar-refractivity contribution in [1.82, 2.24) is 19.9 Å². The van der Waals surface area contributed by atoms with Crippen LogP contribution in [0.3, 0.4) is 0 Å². The summed E-state index contributed by atoms with van der Waals surface area (Å²) >= 11 is 0. The number of benzene rings is 1. The van der Waals surface area contributed by atoms with Gasteiger partial charge >= 0.3 is 0 Å². The van der Waals surface area contributed by atoms with E-state index in [4.69, 9.17) is 10.4 Å². The minimum absolute atomic E-state index is 0.0586. The highest BCUT2D eigenvalue weighted by Crippen LogP contribution is 2.30. The second kappa shape index (κ2) is 10.0. The van der Waals surface area contributed by atoms with E-state index in [0.29, 0.717) is 42.8 Å². The van der Waals surface area contributed by atoms with Crippen molar-refractivity contribution in [3.05, 3.63) is 47.8 Å². The third-order valence-electron chi connectivity index (χ3n) is 5.94. The Labute approximate surface area is 200 Å². The van der Waals surface area contributed by atoms with Gasteiger partial charge < -0.3 is 25.8 Å². The molecule has 0 unspecified atom stereocenters. The van der Waals surface area contributed by atoms with Crippen LogP contribution in [0.1, 0.15) is 45.0 Å². The van der Waals surface area contributed by atoms with Crippen LogP contribution < -0.4 is 15.5 Å². The number of likely N-dealkylation sites (N-methyl/N-ethyl adjacent to an activating group) is 1. The molecule has 1 aromatic carbocycles. The van der Waals surface area contributed by atoms with E-state index in [1.807, 2.05) is 61.0 Å². The topological polar surface area (TPSA) is 110 Å². The van der Waals surface area contributed by atoms with Gasteiger partial charge in [0, 0.05) is 43.5 Å². The van der Waals surface area contributed by atoms with Crippen LogP contribution in [0.15, 0.2) is 36.5 Å². The fourth-order valence-electron chi connectivity index (χ4n) is 4.07. The van der Waals surface area contributed by atoms with Crippen LogP contribution >= 0.6 is 0 Å². The number of hydrogen-bond acceptors (Lipinski definition) is 8. The van der Waals surface area contributed by atoms with Crippen molar-refractivity contribution in [3.8, 4) is 0 Å². The maximum Gasteiger partial charge on any atom is 0.242 e. The van der Waals surface area contributed by atoms with Crippen molar-refractivity contribution >= 4 is 40.5 Å². The van der Waals surface area contributed by atoms with Gasteiger partial charge in [0.2, 0.25) is 11.9 Å². The Hall–Kier alpha value is -3.75. The smallest absolute Gasteiger partial charge is 0.242 e. The maximum absolute atomic E-state index is 12.5. The summed E-state index contributed by atoms with van der Waals surface area (Å²) in [5, 5.41) is 16.0. The normalized spacial score (nSPS) is 15.0. The number of aromatic nitrogens is 3. The Balaban J connectivity index is 1.68. The number of carbonyl (C=O) groups excluding carboxylic acids is 1. The molecule has 3 aromatic rings.